The molecule has 1 saturated heterocycles. The van der Waals surface area contributed by atoms with Gasteiger partial charge in [-0.3, -0.25) is 0 Å². The van der Waals surface area contributed by atoms with Gasteiger partial charge in [0.25, 0.3) is 0 Å². The molecule has 1 aliphatic heterocycles. The summed E-state index contributed by atoms with van der Waals surface area (Å²) in [6.45, 7) is 4.35. The van der Waals surface area contributed by atoms with Gasteiger partial charge >= 0.3 is 0 Å². The summed E-state index contributed by atoms with van der Waals surface area (Å²) < 4.78 is 10.6. The largest absolute Gasteiger partial charge is 0.493 e. The summed E-state index contributed by atoms with van der Waals surface area (Å²) in [5.41, 5.74) is 0. The first-order valence-electron chi connectivity index (χ1n) is 4.83. The Kier molecular flexibility index (Phi) is 4.85. The molecule has 70 valence electrons. The molecule has 0 amide bonds. The second-order valence-corrected chi connectivity index (χ2v) is 3.07. The zero-order chi connectivity index (χ0) is 8.65. The van der Waals surface area contributed by atoms with E-state index in [1.54, 1.807) is 0 Å². The third kappa shape index (κ3) is 3.77. The van der Waals surface area contributed by atoms with E-state index in [0.717, 1.165) is 25.4 Å². The lowest BCUT2D eigenvalue weighted by Gasteiger charge is -2.16. The highest BCUT2D eigenvalue weighted by atomic mass is 16.6. The maximum absolute atomic E-state index is 5.39. The van der Waals surface area contributed by atoms with Crippen molar-refractivity contribution < 1.29 is 9.47 Å². The summed E-state index contributed by atoms with van der Waals surface area (Å²) in [4.78, 5) is 0. The molecular weight excluding hydrogens is 152 g/mol. The molecule has 0 aliphatic carbocycles. The lowest BCUT2D eigenvalue weighted by molar-refractivity contribution is 0.0128. The van der Waals surface area contributed by atoms with Crippen LogP contribution in [0.4, 0.5) is 0 Å². The average Bonchev–Trinajstić information content (AvgIpc) is 2.14. The van der Waals surface area contributed by atoms with E-state index in [1.165, 1.54) is 19.3 Å². The van der Waals surface area contributed by atoms with Crippen LogP contribution in [0.2, 0.25) is 0 Å². The quantitative estimate of drug-likeness (QED) is 0.603. The van der Waals surface area contributed by atoms with Gasteiger partial charge in [0, 0.05) is 0 Å². The minimum atomic E-state index is 0.673. The fraction of sp³-hybridized carbons (Fsp3) is 0.800. The Morgan fingerprint density at radius 3 is 2.92 bits per heavy atom. The molecule has 0 radical (unpaired) electrons. The van der Waals surface area contributed by atoms with Gasteiger partial charge in [0.05, 0.1) is 6.61 Å². The first kappa shape index (κ1) is 9.59. The van der Waals surface area contributed by atoms with Gasteiger partial charge in [-0.1, -0.05) is 19.8 Å². The molecule has 0 aromatic carbocycles. The van der Waals surface area contributed by atoms with Crippen LogP contribution >= 0.6 is 0 Å². The van der Waals surface area contributed by atoms with Crippen LogP contribution < -0.4 is 0 Å². The summed E-state index contributed by atoms with van der Waals surface area (Å²) in [5.74, 6) is 1.03. The van der Waals surface area contributed by atoms with E-state index in [2.05, 4.69) is 13.0 Å². The summed E-state index contributed by atoms with van der Waals surface area (Å²) in [6.07, 6.45) is 7.15. The molecular formula is C10H18O2. The van der Waals surface area contributed by atoms with Crippen molar-refractivity contribution in [2.75, 3.05) is 19.8 Å². The number of hydrogen-bond acceptors (Lipinski definition) is 2. The highest BCUT2D eigenvalue weighted by Gasteiger charge is 2.04. The van der Waals surface area contributed by atoms with Crippen LogP contribution in [-0.4, -0.2) is 19.8 Å². The van der Waals surface area contributed by atoms with E-state index < -0.39 is 0 Å². The molecule has 1 rings (SSSR count). The van der Waals surface area contributed by atoms with Crippen molar-refractivity contribution in [1.29, 1.82) is 0 Å². The van der Waals surface area contributed by atoms with Crippen LogP contribution in [0.25, 0.3) is 0 Å². The van der Waals surface area contributed by atoms with Gasteiger partial charge in [-0.15, -0.1) is 0 Å². The van der Waals surface area contributed by atoms with Crippen LogP contribution in [0.3, 0.4) is 0 Å². The molecule has 0 spiro atoms. The molecule has 1 fully saturated rings. The minimum Gasteiger partial charge on any atom is -0.493 e. The Labute approximate surface area is 74.6 Å². The Hall–Kier alpha value is -0.500. The topological polar surface area (TPSA) is 18.5 Å². The number of hydrogen-bond donors (Lipinski definition) is 0. The zero-order valence-corrected chi connectivity index (χ0v) is 7.84. The Balaban J connectivity index is 2.08. The second-order valence-electron chi connectivity index (χ2n) is 3.07. The van der Waals surface area contributed by atoms with Gasteiger partial charge in [-0.05, 0) is 18.9 Å². The van der Waals surface area contributed by atoms with Crippen LogP contribution in [0.15, 0.2) is 11.8 Å². The predicted octanol–water partition coefficient (Wildman–Crippen LogP) is 2.50. The van der Waals surface area contributed by atoms with Crippen LogP contribution in [0.5, 0.6) is 0 Å². The molecule has 0 aromatic heterocycles. The van der Waals surface area contributed by atoms with Crippen molar-refractivity contribution in [2.24, 2.45) is 0 Å². The summed E-state index contributed by atoms with van der Waals surface area (Å²) in [5, 5.41) is 0. The lowest BCUT2D eigenvalue weighted by Crippen LogP contribution is -2.15. The molecule has 12 heavy (non-hydrogen) atoms. The smallest absolute Gasteiger partial charge is 0.118 e. The van der Waals surface area contributed by atoms with Crippen molar-refractivity contribution in [3.05, 3.63) is 11.8 Å². The van der Waals surface area contributed by atoms with Crippen molar-refractivity contribution in [3.8, 4) is 0 Å². The van der Waals surface area contributed by atoms with E-state index in [-0.39, 0.29) is 0 Å². The molecule has 2 nitrogen and oxygen atoms in total. The number of ether oxygens (including phenoxy) is 2. The summed E-state index contributed by atoms with van der Waals surface area (Å²) >= 11 is 0. The van der Waals surface area contributed by atoms with E-state index >= 15 is 0 Å². The average molecular weight is 170 g/mol. The third-order valence-electron chi connectivity index (χ3n) is 1.94. The SMILES string of the molecule is CCCCC/C=C1/COCCO1. The number of unbranched alkanes of at least 4 members (excludes halogenated alkanes) is 3. The summed E-state index contributed by atoms with van der Waals surface area (Å²) in [6, 6.07) is 0. The fourth-order valence-electron chi connectivity index (χ4n) is 1.22. The Bertz CT molecular complexity index is 133. The van der Waals surface area contributed by atoms with E-state index in [4.69, 9.17) is 9.47 Å². The van der Waals surface area contributed by atoms with E-state index in [9.17, 15) is 0 Å². The minimum absolute atomic E-state index is 0.673. The van der Waals surface area contributed by atoms with Gasteiger partial charge < -0.3 is 9.47 Å². The lowest BCUT2D eigenvalue weighted by atomic mass is 10.2. The fourth-order valence-corrected chi connectivity index (χ4v) is 1.22. The Morgan fingerprint density at radius 2 is 2.25 bits per heavy atom. The standard InChI is InChI=1S/C10H18O2/c1-2-3-4-5-6-10-9-11-7-8-12-10/h6H,2-5,7-9H2,1H3/b10-6-. The highest BCUT2D eigenvalue weighted by Crippen LogP contribution is 2.08. The molecule has 0 aromatic rings. The van der Waals surface area contributed by atoms with Crippen LogP contribution in [0, 0.1) is 0 Å². The maximum atomic E-state index is 5.39. The summed E-state index contributed by atoms with van der Waals surface area (Å²) in [7, 11) is 0. The first-order valence-corrected chi connectivity index (χ1v) is 4.83. The molecule has 0 bridgehead atoms. The highest BCUT2D eigenvalue weighted by molar-refractivity contribution is 4.94. The van der Waals surface area contributed by atoms with Crippen molar-refractivity contribution in [2.45, 2.75) is 32.6 Å². The van der Waals surface area contributed by atoms with Crippen LogP contribution in [-0.2, 0) is 9.47 Å². The van der Waals surface area contributed by atoms with Gasteiger partial charge in [0.1, 0.15) is 19.0 Å². The maximum Gasteiger partial charge on any atom is 0.118 e. The molecule has 0 unspecified atom stereocenters. The molecule has 0 saturated carbocycles. The zero-order valence-electron chi connectivity index (χ0n) is 7.84. The predicted molar refractivity (Wildman–Crippen MR) is 49.0 cm³/mol. The molecule has 1 heterocycles. The normalized spacial score (nSPS) is 20.9. The second kappa shape index (κ2) is 6.06. The van der Waals surface area contributed by atoms with Crippen molar-refractivity contribution in [3.63, 3.8) is 0 Å². The van der Waals surface area contributed by atoms with Gasteiger partial charge in [0.15, 0.2) is 0 Å². The molecule has 1 aliphatic rings. The van der Waals surface area contributed by atoms with E-state index in [1.807, 2.05) is 0 Å². The van der Waals surface area contributed by atoms with Gasteiger partial charge in [-0.25, -0.2) is 0 Å². The molecule has 0 N–H and O–H groups in total. The van der Waals surface area contributed by atoms with Crippen LogP contribution in [0.1, 0.15) is 32.6 Å². The van der Waals surface area contributed by atoms with Gasteiger partial charge in [0.2, 0.25) is 0 Å². The first-order chi connectivity index (χ1) is 5.93. The van der Waals surface area contributed by atoms with Crippen molar-refractivity contribution in [1.82, 2.24) is 0 Å². The third-order valence-corrected chi connectivity index (χ3v) is 1.94. The number of allylic oxidation sites excluding steroid dienone is 1. The van der Waals surface area contributed by atoms with Gasteiger partial charge in [-0.2, -0.15) is 0 Å². The number of rotatable bonds is 4. The van der Waals surface area contributed by atoms with E-state index in [0.29, 0.717) is 6.61 Å². The molecule has 0 atom stereocenters. The van der Waals surface area contributed by atoms with Crippen molar-refractivity contribution >= 4 is 0 Å². The Morgan fingerprint density at radius 1 is 1.33 bits per heavy atom. The molecule has 2 heteroatoms. The monoisotopic (exact) mass is 170 g/mol.